The van der Waals surface area contributed by atoms with Crippen LogP contribution in [0.25, 0.3) is 0 Å². The van der Waals surface area contributed by atoms with E-state index in [1.807, 2.05) is 26.9 Å². The van der Waals surface area contributed by atoms with E-state index in [1.165, 1.54) is 19.2 Å². The van der Waals surface area contributed by atoms with Gasteiger partial charge in [-0.3, -0.25) is 0 Å². The summed E-state index contributed by atoms with van der Waals surface area (Å²) in [5, 5.41) is -0.320. The zero-order valence-electron chi connectivity index (χ0n) is 13.0. The van der Waals surface area contributed by atoms with Crippen LogP contribution in [0.5, 0.6) is 0 Å². The molecular weight excluding hydrogens is 275 g/mol. The lowest BCUT2D eigenvalue weighted by Crippen LogP contribution is -2.40. The van der Waals surface area contributed by atoms with E-state index in [9.17, 15) is 14.0 Å². The minimum atomic E-state index is -2.40. The monoisotopic (exact) mass is 298 g/mol. The fourth-order valence-corrected chi connectivity index (χ4v) is 2.56. The van der Waals surface area contributed by atoms with E-state index < -0.39 is 20.1 Å². The van der Waals surface area contributed by atoms with Crippen molar-refractivity contribution in [2.24, 2.45) is 0 Å². The summed E-state index contributed by atoms with van der Waals surface area (Å²) in [6.45, 7) is 9.46. The molecule has 0 aliphatic heterocycles. The number of rotatable bonds is 4. The molecule has 0 radical (unpaired) electrons. The van der Waals surface area contributed by atoms with Gasteiger partial charge in [0.05, 0.1) is 12.7 Å². The molecule has 0 aliphatic carbocycles. The molecule has 112 valence electrons. The lowest BCUT2D eigenvalue weighted by molar-refractivity contribution is 0.0599. The maximum Gasteiger partial charge on any atom is 0.338 e. The highest BCUT2D eigenvalue weighted by Gasteiger charge is 2.38. The van der Waals surface area contributed by atoms with Crippen molar-refractivity contribution in [3.63, 3.8) is 0 Å². The first-order chi connectivity index (χ1) is 8.99. The van der Waals surface area contributed by atoms with Gasteiger partial charge in [-0.05, 0) is 54.7 Å². The Hall–Kier alpha value is -1.20. The highest BCUT2D eigenvalue weighted by molar-refractivity contribution is 6.72. The summed E-state index contributed by atoms with van der Waals surface area (Å²) in [5.74, 6) is -0.999. The molecule has 1 rings (SSSR count). The fraction of sp³-hybridized carbons (Fsp3) is 0.533. The minimum absolute atomic E-state index is 0.246. The summed E-state index contributed by atoms with van der Waals surface area (Å²) in [4.78, 5) is 22.0. The van der Waals surface area contributed by atoms with Crippen molar-refractivity contribution in [3.05, 3.63) is 34.6 Å². The van der Waals surface area contributed by atoms with Crippen molar-refractivity contribution in [1.82, 2.24) is 0 Å². The molecule has 0 aromatic heterocycles. The van der Waals surface area contributed by atoms with Gasteiger partial charge in [-0.1, -0.05) is 13.8 Å². The van der Waals surface area contributed by atoms with Crippen LogP contribution >= 0.6 is 0 Å². The third-order valence-electron chi connectivity index (χ3n) is 4.17. The predicted molar refractivity (Wildman–Crippen MR) is 79.9 cm³/mol. The van der Waals surface area contributed by atoms with Crippen molar-refractivity contribution in [1.29, 1.82) is 0 Å². The lowest BCUT2D eigenvalue weighted by Gasteiger charge is -2.35. The van der Waals surface area contributed by atoms with Crippen LogP contribution in [0.1, 0.15) is 35.3 Å². The van der Waals surface area contributed by atoms with Gasteiger partial charge in [-0.25, -0.2) is 9.18 Å². The molecule has 0 atom stereocenters. The first kappa shape index (κ1) is 16.9. The van der Waals surface area contributed by atoms with E-state index in [1.54, 1.807) is 6.92 Å². The van der Waals surface area contributed by atoms with Crippen LogP contribution in [-0.4, -0.2) is 26.2 Å². The molecule has 5 heteroatoms. The van der Waals surface area contributed by atoms with Gasteiger partial charge in [0.1, 0.15) is 5.82 Å². The van der Waals surface area contributed by atoms with Crippen LogP contribution < -0.4 is 0 Å². The van der Waals surface area contributed by atoms with Gasteiger partial charge in [-0.2, -0.15) is 0 Å². The summed E-state index contributed by atoms with van der Waals surface area (Å²) in [5.41, 5.74) is 1.70. The van der Waals surface area contributed by atoms with E-state index in [0.29, 0.717) is 12.0 Å². The van der Waals surface area contributed by atoms with E-state index in [-0.39, 0.29) is 10.6 Å². The Morgan fingerprint density at radius 3 is 2.40 bits per heavy atom. The zero-order chi connectivity index (χ0) is 15.7. The highest BCUT2D eigenvalue weighted by atomic mass is 28.4. The van der Waals surface area contributed by atoms with Crippen molar-refractivity contribution in [2.45, 2.75) is 45.3 Å². The molecule has 3 nitrogen and oxygen atoms in total. The third kappa shape index (κ3) is 3.46. The van der Waals surface area contributed by atoms with Crippen molar-refractivity contribution in [3.8, 4) is 0 Å². The second-order valence-corrected chi connectivity index (χ2v) is 10.8. The molecule has 0 unspecified atom stereocenters. The van der Waals surface area contributed by atoms with E-state index in [0.717, 1.165) is 5.56 Å². The predicted octanol–water partition coefficient (Wildman–Crippen LogP) is 3.44. The molecule has 0 bridgehead atoms. The molecule has 0 spiro atoms. The Labute approximate surface area is 120 Å². The van der Waals surface area contributed by atoms with Crippen LogP contribution in [0.4, 0.5) is 4.39 Å². The summed E-state index contributed by atoms with van der Waals surface area (Å²) in [6.07, 6.45) is 0.524. The first-order valence-corrected chi connectivity index (χ1v) is 9.54. The van der Waals surface area contributed by atoms with Gasteiger partial charge in [0.15, 0.2) is 8.32 Å². The molecule has 0 aliphatic rings. The molecular formula is C15H23FO3Si. The van der Waals surface area contributed by atoms with Crippen LogP contribution in [0.3, 0.4) is 0 Å². The summed E-state index contributed by atoms with van der Waals surface area (Å²) in [7, 11) is -1.12. The van der Waals surface area contributed by atoms with Gasteiger partial charge in [0, 0.05) is 0 Å². The standard InChI is InChI=1S/C15H23FO3Si/c1-10-11(9-15(2,3)20(5,6)18)7-12(16)8-13(10)14(17)19-4/h7-8,18H,9H2,1-6H3. The van der Waals surface area contributed by atoms with Crippen LogP contribution in [0, 0.1) is 12.7 Å². The zero-order valence-corrected chi connectivity index (χ0v) is 14.0. The third-order valence-corrected chi connectivity index (χ3v) is 7.66. The van der Waals surface area contributed by atoms with Crippen molar-refractivity contribution in [2.75, 3.05) is 7.11 Å². The SMILES string of the molecule is COC(=O)c1cc(F)cc(CC(C)(C)[Si](C)(C)O)c1C. The quantitative estimate of drug-likeness (QED) is 0.684. The maximum atomic E-state index is 13.7. The van der Waals surface area contributed by atoms with Crippen LogP contribution in [-0.2, 0) is 11.2 Å². The summed E-state index contributed by atoms with van der Waals surface area (Å²) in [6, 6.07) is 2.63. The molecule has 1 N–H and O–H groups in total. The normalized spacial score (nSPS) is 12.4. The smallest absolute Gasteiger partial charge is 0.338 e. The van der Waals surface area contributed by atoms with Gasteiger partial charge >= 0.3 is 5.97 Å². The number of halogens is 1. The number of hydrogen-bond donors (Lipinski definition) is 1. The second kappa shape index (κ2) is 5.66. The number of carbonyl (C=O) groups is 1. The van der Waals surface area contributed by atoms with Crippen LogP contribution in [0.2, 0.25) is 18.1 Å². The molecule has 0 fully saturated rings. The van der Waals surface area contributed by atoms with Gasteiger partial charge in [0.25, 0.3) is 0 Å². The molecule has 1 aromatic carbocycles. The Kier molecular flexibility index (Phi) is 4.76. The van der Waals surface area contributed by atoms with Gasteiger partial charge in [-0.15, -0.1) is 0 Å². The summed E-state index contributed by atoms with van der Waals surface area (Å²) >= 11 is 0. The molecule has 20 heavy (non-hydrogen) atoms. The van der Waals surface area contributed by atoms with Crippen molar-refractivity contribution >= 4 is 14.3 Å². The Morgan fingerprint density at radius 1 is 1.40 bits per heavy atom. The number of methoxy groups -OCH3 is 1. The fourth-order valence-electron chi connectivity index (χ4n) is 1.93. The topological polar surface area (TPSA) is 46.5 Å². The van der Waals surface area contributed by atoms with Crippen LogP contribution in [0.15, 0.2) is 12.1 Å². The number of ether oxygens (including phenoxy) is 1. The molecule has 1 aromatic rings. The second-order valence-electron chi connectivity index (χ2n) is 6.35. The Bertz CT molecular complexity index is 519. The van der Waals surface area contributed by atoms with Gasteiger partial charge in [0.2, 0.25) is 0 Å². The largest absolute Gasteiger partial charge is 0.465 e. The summed E-state index contributed by atoms with van der Waals surface area (Å²) < 4.78 is 18.4. The Balaban J connectivity index is 3.27. The average Bonchev–Trinajstić information content (AvgIpc) is 2.30. The molecule has 0 saturated heterocycles. The molecule has 0 heterocycles. The number of esters is 1. The maximum absolute atomic E-state index is 13.7. The number of carbonyl (C=O) groups excluding carboxylic acids is 1. The van der Waals surface area contributed by atoms with Crippen molar-refractivity contribution < 1.29 is 18.7 Å². The average molecular weight is 298 g/mol. The minimum Gasteiger partial charge on any atom is -0.465 e. The molecule has 0 saturated carbocycles. The van der Waals surface area contributed by atoms with E-state index in [4.69, 9.17) is 0 Å². The van der Waals surface area contributed by atoms with E-state index in [2.05, 4.69) is 4.74 Å². The highest BCUT2D eigenvalue weighted by Crippen LogP contribution is 2.39. The van der Waals surface area contributed by atoms with Gasteiger partial charge < -0.3 is 9.53 Å². The molecule has 0 amide bonds. The number of hydrogen-bond acceptors (Lipinski definition) is 3. The lowest BCUT2D eigenvalue weighted by atomic mass is 9.94. The van der Waals surface area contributed by atoms with E-state index >= 15 is 0 Å². The number of benzene rings is 1. The first-order valence-electron chi connectivity index (χ1n) is 6.59. The Morgan fingerprint density at radius 2 is 1.95 bits per heavy atom.